The quantitative estimate of drug-likeness (QED) is 0.851. The van der Waals surface area contributed by atoms with E-state index in [4.69, 9.17) is 0 Å². The van der Waals surface area contributed by atoms with Crippen molar-refractivity contribution in [2.45, 2.75) is 38.1 Å². The fourth-order valence-electron chi connectivity index (χ4n) is 2.86. The molecule has 2 N–H and O–H groups in total. The van der Waals surface area contributed by atoms with Gasteiger partial charge in [0.25, 0.3) is 0 Å². The molecule has 1 amide bonds. The lowest BCUT2D eigenvalue weighted by atomic mass is 9.85. The number of likely N-dealkylation sites (N-methyl/N-ethyl adjacent to an activating group) is 1. The number of nitrogens with one attached hydrogen (secondary N) is 2. The van der Waals surface area contributed by atoms with Crippen LogP contribution in [-0.4, -0.2) is 42.5 Å². The molecule has 1 aliphatic carbocycles. The second-order valence-corrected chi connectivity index (χ2v) is 5.57. The first-order chi connectivity index (χ1) is 9.20. The van der Waals surface area contributed by atoms with Gasteiger partial charge in [0.15, 0.2) is 0 Å². The van der Waals surface area contributed by atoms with E-state index >= 15 is 0 Å². The number of hydrogen-bond donors (Lipinski definition) is 2. The Kier molecular flexibility index (Phi) is 5.02. The Labute approximate surface area is 115 Å². The van der Waals surface area contributed by atoms with Gasteiger partial charge in [0.2, 0.25) is 5.91 Å². The van der Waals surface area contributed by atoms with Crippen LogP contribution < -0.4 is 5.32 Å². The van der Waals surface area contributed by atoms with Crippen LogP contribution in [0, 0.1) is 5.92 Å². The van der Waals surface area contributed by atoms with Gasteiger partial charge >= 0.3 is 0 Å². The van der Waals surface area contributed by atoms with Crippen molar-refractivity contribution in [3.63, 3.8) is 0 Å². The van der Waals surface area contributed by atoms with Gasteiger partial charge in [0.05, 0.1) is 0 Å². The van der Waals surface area contributed by atoms with Crippen LogP contribution in [0.3, 0.4) is 0 Å². The number of carbonyl (C=O) groups is 1. The van der Waals surface area contributed by atoms with E-state index in [0.717, 1.165) is 38.6 Å². The molecule has 1 aromatic heterocycles. The molecule has 106 valence electrons. The normalized spacial score (nSPS) is 23.3. The molecular formula is C15H25N3O. The molecule has 0 bridgehead atoms. The number of amides is 1. The summed E-state index contributed by atoms with van der Waals surface area (Å²) in [5.41, 5.74) is 1.26. The summed E-state index contributed by atoms with van der Waals surface area (Å²) in [6.07, 6.45) is 9.15. The maximum atomic E-state index is 12.4. The molecule has 1 aliphatic rings. The van der Waals surface area contributed by atoms with Crippen LogP contribution in [0.1, 0.15) is 31.2 Å². The fraction of sp³-hybridized carbons (Fsp3) is 0.667. The van der Waals surface area contributed by atoms with Crippen molar-refractivity contribution in [3.8, 4) is 0 Å². The first-order valence-electron chi connectivity index (χ1n) is 7.24. The van der Waals surface area contributed by atoms with E-state index < -0.39 is 0 Å². The molecule has 4 nitrogen and oxygen atoms in total. The van der Waals surface area contributed by atoms with Crippen LogP contribution in [0.15, 0.2) is 18.5 Å². The van der Waals surface area contributed by atoms with Crippen molar-refractivity contribution in [2.24, 2.45) is 5.92 Å². The Morgan fingerprint density at radius 3 is 2.74 bits per heavy atom. The summed E-state index contributed by atoms with van der Waals surface area (Å²) in [6.45, 7) is 0.808. The smallest absolute Gasteiger partial charge is 0.225 e. The third-order valence-electron chi connectivity index (χ3n) is 4.26. The van der Waals surface area contributed by atoms with Crippen molar-refractivity contribution in [1.29, 1.82) is 0 Å². The molecule has 0 radical (unpaired) electrons. The molecule has 1 aromatic rings. The van der Waals surface area contributed by atoms with Crippen LogP contribution in [-0.2, 0) is 11.2 Å². The Morgan fingerprint density at radius 1 is 1.42 bits per heavy atom. The standard InChI is InChI=1S/C15H25N3O/c1-16-14-5-3-13(4-6-14)15(19)18(2)10-8-12-7-9-17-11-12/h7,9,11,13-14,16-17H,3-6,8,10H2,1-2H3. The van der Waals surface area contributed by atoms with Gasteiger partial charge in [-0.3, -0.25) is 4.79 Å². The third kappa shape index (κ3) is 3.83. The zero-order valence-electron chi connectivity index (χ0n) is 12.0. The summed E-state index contributed by atoms with van der Waals surface area (Å²) in [5, 5.41) is 3.31. The molecule has 1 saturated carbocycles. The zero-order chi connectivity index (χ0) is 13.7. The van der Waals surface area contributed by atoms with E-state index in [-0.39, 0.29) is 5.92 Å². The van der Waals surface area contributed by atoms with Crippen LogP contribution in [0.4, 0.5) is 0 Å². The van der Waals surface area contributed by atoms with Gasteiger partial charge in [-0.05, 0) is 50.8 Å². The van der Waals surface area contributed by atoms with Crippen molar-refractivity contribution >= 4 is 5.91 Å². The van der Waals surface area contributed by atoms with Crippen molar-refractivity contribution in [2.75, 3.05) is 20.6 Å². The summed E-state index contributed by atoms with van der Waals surface area (Å²) in [5.74, 6) is 0.561. The highest BCUT2D eigenvalue weighted by Gasteiger charge is 2.27. The summed E-state index contributed by atoms with van der Waals surface area (Å²) in [6, 6.07) is 2.67. The van der Waals surface area contributed by atoms with Gasteiger partial charge in [-0.15, -0.1) is 0 Å². The van der Waals surface area contributed by atoms with Crippen LogP contribution in [0.25, 0.3) is 0 Å². The second kappa shape index (κ2) is 6.75. The maximum absolute atomic E-state index is 12.4. The SMILES string of the molecule is CNC1CCC(C(=O)N(C)CCc2cc[nH]c2)CC1. The Hall–Kier alpha value is -1.29. The lowest BCUT2D eigenvalue weighted by Gasteiger charge is -2.30. The lowest BCUT2D eigenvalue weighted by Crippen LogP contribution is -2.39. The average Bonchev–Trinajstić information content (AvgIpc) is 2.97. The molecule has 19 heavy (non-hydrogen) atoms. The molecule has 0 atom stereocenters. The van der Waals surface area contributed by atoms with Gasteiger partial charge in [0, 0.05) is 37.9 Å². The fourth-order valence-corrected chi connectivity index (χ4v) is 2.86. The summed E-state index contributed by atoms with van der Waals surface area (Å²) in [7, 11) is 3.94. The first kappa shape index (κ1) is 14.1. The Bertz CT molecular complexity index is 380. The first-order valence-corrected chi connectivity index (χ1v) is 7.24. The minimum Gasteiger partial charge on any atom is -0.367 e. The van der Waals surface area contributed by atoms with Crippen molar-refractivity contribution < 1.29 is 4.79 Å². The Balaban J connectivity index is 1.76. The maximum Gasteiger partial charge on any atom is 0.225 e. The molecule has 2 rings (SSSR count). The van der Waals surface area contributed by atoms with Gasteiger partial charge in [-0.25, -0.2) is 0 Å². The van der Waals surface area contributed by atoms with Gasteiger partial charge in [-0.2, -0.15) is 0 Å². The van der Waals surface area contributed by atoms with Crippen molar-refractivity contribution in [3.05, 3.63) is 24.0 Å². The second-order valence-electron chi connectivity index (χ2n) is 5.57. The predicted molar refractivity (Wildman–Crippen MR) is 76.9 cm³/mol. The predicted octanol–water partition coefficient (Wildman–Crippen LogP) is 1.79. The topological polar surface area (TPSA) is 48.1 Å². The van der Waals surface area contributed by atoms with E-state index in [1.165, 1.54) is 5.56 Å². The summed E-state index contributed by atoms with van der Waals surface area (Å²) < 4.78 is 0. The molecule has 0 aromatic carbocycles. The van der Waals surface area contributed by atoms with Gasteiger partial charge in [0.1, 0.15) is 0 Å². The third-order valence-corrected chi connectivity index (χ3v) is 4.26. The Morgan fingerprint density at radius 2 is 2.16 bits per heavy atom. The molecule has 0 unspecified atom stereocenters. The van der Waals surface area contributed by atoms with E-state index in [1.54, 1.807) is 0 Å². The number of carbonyl (C=O) groups excluding carboxylic acids is 1. The van der Waals surface area contributed by atoms with Crippen molar-refractivity contribution in [1.82, 2.24) is 15.2 Å². The molecule has 0 spiro atoms. The molecule has 1 fully saturated rings. The van der Waals surface area contributed by atoms with Crippen LogP contribution in [0.2, 0.25) is 0 Å². The molecule has 4 heteroatoms. The van der Waals surface area contributed by atoms with E-state index in [0.29, 0.717) is 11.9 Å². The molecule has 0 aliphatic heterocycles. The lowest BCUT2D eigenvalue weighted by molar-refractivity contribution is -0.135. The van der Waals surface area contributed by atoms with Gasteiger partial charge in [-0.1, -0.05) is 0 Å². The van der Waals surface area contributed by atoms with E-state index in [9.17, 15) is 4.79 Å². The zero-order valence-corrected chi connectivity index (χ0v) is 12.0. The minimum absolute atomic E-state index is 0.237. The monoisotopic (exact) mass is 263 g/mol. The minimum atomic E-state index is 0.237. The number of H-pyrrole nitrogens is 1. The number of aromatic nitrogens is 1. The number of nitrogens with zero attached hydrogens (tertiary/aromatic N) is 1. The van der Waals surface area contributed by atoms with E-state index in [2.05, 4.69) is 16.4 Å². The number of hydrogen-bond acceptors (Lipinski definition) is 2. The van der Waals surface area contributed by atoms with Gasteiger partial charge < -0.3 is 15.2 Å². The summed E-state index contributed by atoms with van der Waals surface area (Å²) >= 11 is 0. The van der Waals surface area contributed by atoms with Crippen LogP contribution >= 0.6 is 0 Å². The number of rotatable bonds is 5. The molecule has 0 saturated heterocycles. The van der Waals surface area contributed by atoms with E-state index in [1.807, 2.05) is 31.4 Å². The highest BCUT2D eigenvalue weighted by molar-refractivity contribution is 5.78. The molecular weight excluding hydrogens is 238 g/mol. The largest absolute Gasteiger partial charge is 0.367 e. The average molecular weight is 263 g/mol. The van der Waals surface area contributed by atoms with Crippen LogP contribution in [0.5, 0.6) is 0 Å². The molecule has 1 heterocycles. The highest BCUT2D eigenvalue weighted by atomic mass is 16.2. The summed E-state index contributed by atoms with van der Waals surface area (Å²) in [4.78, 5) is 17.3. The number of aromatic amines is 1. The highest BCUT2D eigenvalue weighted by Crippen LogP contribution is 2.25.